The fourth-order valence-electron chi connectivity index (χ4n) is 3.47. The first-order valence-corrected chi connectivity index (χ1v) is 11.3. The molecular formula is C22H17N5O3S2. The van der Waals surface area contributed by atoms with Crippen molar-refractivity contribution < 1.29 is 14.3 Å². The van der Waals surface area contributed by atoms with E-state index in [1.54, 1.807) is 20.2 Å². The molecule has 4 aromatic rings. The minimum absolute atomic E-state index is 0.369. The van der Waals surface area contributed by atoms with E-state index in [0.29, 0.717) is 22.2 Å². The molecule has 0 bridgehead atoms. The smallest absolute Gasteiger partial charge is 0.275 e. The SMILES string of the molecule is COc1ccc(-c2sc3nc(-c4nccs4)nc(NN4C(=O)C=C(C)C4=O)c3c2C)cc1. The van der Waals surface area contributed by atoms with Gasteiger partial charge < -0.3 is 4.74 Å². The van der Waals surface area contributed by atoms with Gasteiger partial charge in [0.2, 0.25) is 0 Å². The Labute approximate surface area is 191 Å². The molecule has 0 spiro atoms. The van der Waals surface area contributed by atoms with E-state index in [9.17, 15) is 9.59 Å². The van der Waals surface area contributed by atoms with Crippen molar-refractivity contribution in [3.63, 3.8) is 0 Å². The zero-order valence-electron chi connectivity index (χ0n) is 17.4. The van der Waals surface area contributed by atoms with Crippen LogP contribution in [0.4, 0.5) is 5.82 Å². The van der Waals surface area contributed by atoms with E-state index >= 15 is 0 Å². The van der Waals surface area contributed by atoms with Gasteiger partial charge in [0.05, 0.1) is 12.5 Å². The van der Waals surface area contributed by atoms with Gasteiger partial charge in [0, 0.05) is 28.1 Å². The second-order valence-electron chi connectivity index (χ2n) is 7.12. The minimum Gasteiger partial charge on any atom is -0.497 e. The number of amides is 2. The molecule has 0 unspecified atom stereocenters. The van der Waals surface area contributed by atoms with E-state index in [0.717, 1.165) is 37.0 Å². The van der Waals surface area contributed by atoms with Gasteiger partial charge in [-0.05, 0) is 49.2 Å². The number of carbonyl (C=O) groups is 2. The number of imide groups is 1. The summed E-state index contributed by atoms with van der Waals surface area (Å²) in [7, 11) is 1.63. The number of hydrazine groups is 1. The highest BCUT2D eigenvalue weighted by molar-refractivity contribution is 7.22. The lowest BCUT2D eigenvalue weighted by atomic mass is 10.1. The molecule has 0 radical (unpaired) electrons. The molecule has 8 nitrogen and oxygen atoms in total. The van der Waals surface area contributed by atoms with Crippen LogP contribution in [0.15, 0.2) is 47.5 Å². The van der Waals surface area contributed by atoms with Crippen LogP contribution in [-0.4, -0.2) is 38.9 Å². The number of carbonyl (C=O) groups excluding carboxylic acids is 2. The van der Waals surface area contributed by atoms with Crippen LogP contribution in [0, 0.1) is 6.92 Å². The standard InChI is InChI=1S/C22H17N5O3S2/c1-11-10-15(28)27(22(11)29)26-18-16-12(2)17(13-4-6-14(30-3)7-5-13)32-20(16)25-19(24-18)21-23-8-9-31-21/h4-10H,1-3H3,(H,24,25,26). The zero-order valence-corrected chi connectivity index (χ0v) is 19.0. The van der Waals surface area contributed by atoms with Crippen molar-refractivity contribution in [1.29, 1.82) is 0 Å². The molecule has 0 atom stereocenters. The Morgan fingerprint density at radius 1 is 1.09 bits per heavy atom. The van der Waals surface area contributed by atoms with Crippen molar-refractivity contribution in [3.05, 3.63) is 53.1 Å². The number of aromatic nitrogens is 3. The van der Waals surface area contributed by atoms with Crippen molar-refractivity contribution in [2.24, 2.45) is 0 Å². The second kappa shape index (κ2) is 7.81. The molecule has 0 aliphatic carbocycles. The van der Waals surface area contributed by atoms with E-state index in [-0.39, 0.29) is 0 Å². The lowest BCUT2D eigenvalue weighted by Crippen LogP contribution is -2.36. The van der Waals surface area contributed by atoms with Crippen molar-refractivity contribution in [2.75, 3.05) is 12.5 Å². The Kier molecular flexibility index (Phi) is 4.95. The van der Waals surface area contributed by atoms with E-state index in [1.165, 1.54) is 28.7 Å². The van der Waals surface area contributed by atoms with E-state index in [4.69, 9.17) is 9.72 Å². The van der Waals surface area contributed by atoms with Crippen LogP contribution in [0.3, 0.4) is 0 Å². The van der Waals surface area contributed by atoms with Gasteiger partial charge in [-0.2, -0.15) is 5.01 Å². The number of thiophene rings is 1. The van der Waals surface area contributed by atoms with Crippen molar-refractivity contribution in [1.82, 2.24) is 20.0 Å². The highest BCUT2D eigenvalue weighted by atomic mass is 32.1. The summed E-state index contributed by atoms with van der Waals surface area (Å²) in [6.07, 6.45) is 2.99. The number of methoxy groups -OCH3 is 1. The molecule has 10 heteroatoms. The predicted octanol–water partition coefficient (Wildman–Crippen LogP) is 4.44. The van der Waals surface area contributed by atoms with Gasteiger partial charge >= 0.3 is 0 Å². The molecule has 1 aliphatic heterocycles. The number of fused-ring (bicyclic) bond motifs is 1. The molecule has 32 heavy (non-hydrogen) atoms. The minimum atomic E-state index is -0.432. The van der Waals surface area contributed by atoms with Gasteiger partial charge in [-0.1, -0.05) is 0 Å². The van der Waals surface area contributed by atoms with Gasteiger partial charge in [0.15, 0.2) is 16.6 Å². The molecule has 0 saturated heterocycles. The predicted molar refractivity (Wildman–Crippen MR) is 124 cm³/mol. The van der Waals surface area contributed by atoms with Crippen molar-refractivity contribution in [3.8, 4) is 27.0 Å². The number of hydrogen-bond acceptors (Lipinski definition) is 9. The maximum atomic E-state index is 12.5. The Bertz CT molecular complexity index is 1390. The van der Waals surface area contributed by atoms with Crippen LogP contribution in [0.1, 0.15) is 12.5 Å². The number of benzene rings is 1. The summed E-state index contributed by atoms with van der Waals surface area (Å²) in [5.41, 5.74) is 5.27. The largest absolute Gasteiger partial charge is 0.497 e. The number of nitrogens with zero attached hydrogens (tertiary/aromatic N) is 4. The topological polar surface area (TPSA) is 97.3 Å². The first-order chi connectivity index (χ1) is 15.5. The number of nitrogens with one attached hydrogen (secondary N) is 1. The fraction of sp³-hybridized carbons (Fsp3) is 0.136. The summed E-state index contributed by atoms with van der Waals surface area (Å²) in [5, 5.41) is 4.23. The molecule has 3 aromatic heterocycles. The van der Waals surface area contributed by atoms with Gasteiger partial charge in [-0.3, -0.25) is 15.0 Å². The fourth-order valence-corrected chi connectivity index (χ4v) is 5.22. The van der Waals surface area contributed by atoms with Crippen LogP contribution >= 0.6 is 22.7 Å². The molecule has 1 aliphatic rings. The third-order valence-electron chi connectivity index (χ3n) is 5.08. The molecule has 160 valence electrons. The van der Waals surface area contributed by atoms with Crippen LogP contribution in [-0.2, 0) is 9.59 Å². The van der Waals surface area contributed by atoms with Crippen molar-refractivity contribution >= 4 is 50.5 Å². The van der Waals surface area contributed by atoms with Gasteiger partial charge in [0.1, 0.15) is 10.6 Å². The normalized spacial score (nSPS) is 13.7. The third-order valence-corrected chi connectivity index (χ3v) is 7.09. The Hall–Kier alpha value is -3.63. The quantitative estimate of drug-likeness (QED) is 0.437. The Balaban J connectivity index is 1.67. The number of aryl methyl sites for hydroxylation is 1. The molecule has 1 aromatic carbocycles. The number of anilines is 1. The highest BCUT2D eigenvalue weighted by Gasteiger charge is 2.30. The van der Waals surface area contributed by atoms with Gasteiger partial charge in [0.25, 0.3) is 11.8 Å². The highest BCUT2D eigenvalue weighted by Crippen LogP contribution is 2.41. The first-order valence-electron chi connectivity index (χ1n) is 9.65. The summed E-state index contributed by atoms with van der Waals surface area (Å²) >= 11 is 2.94. The van der Waals surface area contributed by atoms with Crippen LogP contribution in [0.5, 0.6) is 5.75 Å². The van der Waals surface area contributed by atoms with Crippen LogP contribution < -0.4 is 10.2 Å². The van der Waals surface area contributed by atoms with Crippen LogP contribution in [0.2, 0.25) is 0 Å². The average molecular weight is 464 g/mol. The number of hydrogen-bond donors (Lipinski definition) is 1. The average Bonchev–Trinajstić information content (AvgIpc) is 3.50. The zero-order chi connectivity index (χ0) is 22.4. The summed E-state index contributed by atoms with van der Waals surface area (Å²) in [6.45, 7) is 3.59. The molecule has 1 N–H and O–H groups in total. The summed E-state index contributed by atoms with van der Waals surface area (Å²) in [6, 6.07) is 7.78. The van der Waals surface area contributed by atoms with Gasteiger partial charge in [-0.15, -0.1) is 22.7 Å². The molecule has 5 rings (SSSR count). The number of thiazole rings is 1. The molecular weight excluding hydrogens is 446 g/mol. The summed E-state index contributed by atoms with van der Waals surface area (Å²) in [5.74, 6) is 0.758. The van der Waals surface area contributed by atoms with E-state index in [2.05, 4.69) is 15.4 Å². The molecule has 2 amide bonds. The molecule has 0 fully saturated rings. The first kappa shape index (κ1) is 20.3. The third kappa shape index (κ3) is 3.33. The van der Waals surface area contributed by atoms with Crippen molar-refractivity contribution in [2.45, 2.75) is 13.8 Å². The molecule has 4 heterocycles. The Morgan fingerprint density at radius 2 is 1.88 bits per heavy atom. The maximum Gasteiger partial charge on any atom is 0.275 e. The second-order valence-corrected chi connectivity index (χ2v) is 9.01. The lowest BCUT2D eigenvalue weighted by Gasteiger charge is -2.17. The van der Waals surface area contributed by atoms with Gasteiger partial charge in [-0.25, -0.2) is 15.0 Å². The monoisotopic (exact) mass is 463 g/mol. The summed E-state index contributed by atoms with van der Waals surface area (Å²) < 4.78 is 5.26. The summed E-state index contributed by atoms with van der Waals surface area (Å²) in [4.78, 5) is 40.2. The molecule has 0 saturated carbocycles. The van der Waals surface area contributed by atoms with Crippen LogP contribution in [0.25, 0.3) is 31.5 Å². The van der Waals surface area contributed by atoms with E-state index in [1.807, 2.05) is 36.6 Å². The Morgan fingerprint density at radius 3 is 2.50 bits per heavy atom. The maximum absolute atomic E-state index is 12.5. The lowest BCUT2D eigenvalue weighted by molar-refractivity contribution is -0.135. The number of rotatable bonds is 5. The van der Waals surface area contributed by atoms with E-state index < -0.39 is 11.8 Å². The number of ether oxygens (including phenoxy) is 1.